The minimum absolute atomic E-state index is 0.283. The molecule has 1 aliphatic heterocycles. The quantitative estimate of drug-likeness (QED) is 0.913. The molecular formula is C15H22ClN5O. The number of hydrogen-bond acceptors (Lipinski definition) is 5. The fourth-order valence-corrected chi connectivity index (χ4v) is 2.95. The van der Waals surface area contributed by atoms with Gasteiger partial charge in [0.2, 0.25) is 0 Å². The lowest BCUT2D eigenvalue weighted by Gasteiger charge is -2.30. The van der Waals surface area contributed by atoms with Crippen LogP contribution in [-0.4, -0.2) is 58.9 Å². The highest BCUT2D eigenvalue weighted by Crippen LogP contribution is 2.21. The van der Waals surface area contributed by atoms with Crippen LogP contribution in [0.5, 0.6) is 0 Å². The van der Waals surface area contributed by atoms with Crippen molar-refractivity contribution >= 4 is 22.9 Å². The number of likely N-dealkylation sites (N-methyl/N-ethyl adjacent to an activating group) is 1. The van der Waals surface area contributed by atoms with Gasteiger partial charge in [0, 0.05) is 25.7 Å². The molecule has 0 radical (unpaired) electrons. The van der Waals surface area contributed by atoms with E-state index in [9.17, 15) is 0 Å². The maximum Gasteiger partial charge on any atom is 0.177 e. The molecule has 0 aliphatic carbocycles. The van der Waals surface area contributed by atoms with Gasteiger partial charge in [-0.05, 0) is 19.9 Å². The lowest BCUT2D eigenvalue weighted by molar-refractivity contribution is -0.0213. The summed E-state index contributed by atoms with van der Waals surface area (Å²) < 4.78 is 7.59. The van der Waals surface area contributed by atoms with Gasteiger partial charge in [-0.2, -0.15) is 5.10 Å². The molecule has 22 heavy (non-hydrogen) atoms. The molecule has 1 fully saturated rings. The number of imidazole rings is 1. The fourth-order valence-electron chi connectivity index (χ4n) is 2.76. The summed E-state index contributed by atoms with van der Waals surface area (Å²) in [5, 5.41) is 8.21. The molecule has 0 bridgehead atoms. The normalized spacial score (nSPS) is 19.7. The molecule has 120 valence electrons. The van der Waals surface area contributed by atoms with E-state index in [4.69, 9.17) is 16.3 Å². The van der Waals surface area contributed by atoms with Crippen LogP contribution in [0.15, 0.2) is 12.3 Å². The van der Waals surface area contributed by atoms with E-state index in [1.807, 2.05) is 16.8 Å². The third-order valence-corrected chi connectivity index (χ3v) is 4.18. The Morgan fingerprint density at radius 2 is 2.36 bits per heavy atom. The maximum absolute atomic E-state index is 6.13. The zero-order chi connectivity index (χ0) is 15.5. The van der Waals surface area contributed by atoms with Gasteiger partial charge in [-0.25, -0.2) is 9.50 Å². The Balaban J connectivity index is 1.67. The number of morpholine rings is 1. The average Bonchev–Trinajstić information content (AvgIpc) is 2.90. The highest BCUT2D eigenvalue weighted by atomic mass is 35.5. The fraction of sp³-hybridized carbons (Fsp3) is 0.600. The van der Waals surface area contributed by atoms with Gasteiger partial charge in [0.25, 0.3) is 0 Å². The van der Waals surface area contributed by atoms with Crippen molar-refractivity contribution < 1.29 is 4.74 Å². The molecule has 1 unspecified atom stereocenters. The highest BCUT2D eigenvalue weighted by Gasteiger charge is 2.17. The van der Waals surface area contributed by atoms with Crippen molar-refractivity contribution in [2.75, 3.05) is 38.6 Å². The first kappa shape index (κ1) is 15.5. The van der Waals surface area contributed by atoms with Gasteiger partial charge in [0.15, 0.2) is 10.8 Å². The summed E-state index contributed by atoms with van der Waals surface area (Å²) in [6.07, 6.45) is 3.96. The number of nitrogens with zero attached hydrogens (tertiary/aromatic N) is 4. The Bertz CT molecular complexity index is 644. The Labute approximate surface area is 135 Å². The van der Waals surface area contributed by atoms with Crippen LogP contribution in [0.1, 0.15) is 19.0 Å². The molecule has 0 amide bonds. The van der Waals surface area contributed by atoms with E-state index in [-0.39, 0.29) is 6.10 Å². The van der Waals surface area contributed by atoms with Gasteiger partial charge in [0.05, 0.1) is 30.3 Å². The highest BCUT2D eigenvalue weighted by molar-refractivity contribution is 6.29. The van der Waals surface area contributed by atoms with Gasteiger partial charge < -0.3 is 15.0 Å². The molecule has 0 spiro atoms. The van der Waals surface area contributed by atoms with Crippen LogP contribution in [0, 0.1) is 0 Å². The molecule has 2 aromatic rings. The third-order valence-electron chi connectivity index (χ3n) is 3.99. The molecular weight excluding hydrogens is 302 g/mol. The van der Waals surface area contributed by atoms with Crippen molar-refractivity contribution in [1.82, 2.24) is 19.5 Å². The predicted octanol–water partition coefficient (Wildman–Crippen LogP) is 2.08. The number of hydrogen-bond donors (Lipinski definition) is 1. The lowest BCUT2D eigenvalue weighted by Crippen LogP contribution is -2.40. The van der Waals surface area contributed by atoms with E-state index >= 15 is 0 Å². The second-order valence-corrected chi connectivity index (χ2v) is 6.08. The van der Waals surface area contributed by atoms with Crippen LogP contribution >= 0.6 is 11.6 Å². The van der Waals surface area contributed by atoms with E-state index in [0.29, 0.717) is 5.15 Å². The first-order valence-electron chi connectivity index (χ1n) is 7.74. The largest absolute Gasteiger partial charge is 0.382 e. The summed E-state index contributed by atoms with van der Waals surface area (Å²) in [5.74, 6) is 0. The summed E-state index contributed by atoms with van der Waals surface area (Å²) in [5.41, 5.74) is 2.80. The molecule has 1 aliphatic rings. The summed E-state index contributed by atoms with van der Waals surface area (Å²) in [7, 11) is 2.13. The monoisotopic (exact) mass is 323 g/mol. The van der Waals surface area contributed by atoms with Crippen molar-refractivity contribution in [3.05, 3.63) is 23.1 Å². The third kappa shape index (κ3) is 3.34. The number of halogens is 1. The molecule has 3 heterocycles. The Kier molecular flexibility index (Phi) is 4.81. The molecule has 1 N–H and O–H groups in total. The first-order chi connectivity index (χ1) is 10.7. The van der Waals surface area contributed by atoms with E-state index in [0.717, 1.165) is 56.1 Å². The Morgan fingerprint density at radius 1 is 1.50 bits per heavy atom. The standard InChI is InChI=1S/C15H22ClN5O/c1-3-11-9-18-15-13(8-14(16)19-21(11)15)17-5-4-12-10-20(2)6-7-22-12/h8-9,12,17H,3-7,10H2,1-2H3. The van der Waals surface area contributed by atoms with Gasteiger partial charge in [-0.1, -0.05) is 18.5 Å². The Morgan fingerprint density at radius 3 is 3.14 bits per heavy atom. The van der Waals surface area contributed by atoms with Crippen LogP contribution in [0.3, 0.4) is 0 Å². The zero-order valence-electron chi connectivity index (χ0n) is 13.0. The van der Waals surface area contributed by atoms with Crippen LogP contribution in [-0.2, 0) is 11.2 Å². The van der Waals surface area contributed by atoms with Crippen LogP contribution in [0.25, 0.3) is 5.65 Å². The van der Waals surface area contributed by atoms with Gasteiger partial charge >= 0.3 is 0 Å². The average molecular weight is 324 g/mol. The number of ether oxygens (including phenoxy) is 1. The molecule has 1 saturated heterocycles. The van der Waals surface area contributed by atoms with Crippen molar-refractivity contribution in [2.45, 2.75) is 25.9 Å². The molecule has 3 rings (SSSR count). The van der Waals surface area contributed by atoms with Crippen LogP contribution < -0.4 is 5.32 Å². The first-order valence-corrected chi connectivity index (χ1v) is 8.12. The van der Waals surface area contributed by atoms with Crippen molar-refractivity contribution in [3.8, 4) is 0 Å². The topological polar surface area (TPSA) is 54.7 Å². The van der Waals surface area contributed by atoms with E-state index in [1.54, 1.807) is 0 Å². The van der Waals surface area contributed by atoms with Crippen LogP contribution in [0.2, 0.25) is 5.15 Å². The minimum Gasteiger partial charge on any atom is -0.382 e. The van der Waals surface area contributed by atoms with Gasteiger partial charge in [0.1, 0.15) is 0 Å². The second kappa shape index (κ2) is 6.81. The van der Waals surface area contributed by atoms with Crippen molar-refractivity contribution in [1.29, 1.82) is 0 Å². The molecule has 2 aromatic heterocycles. The minimum atomic E-state index is 0.283. The summed E-state index contributed by atoms with van der Waals surface area (Å²) in [6.45, 7) is 5.71. The SMILES string of the molecule is CCc1cnc2c(NCCC3CN(C)CCO3)cc(Cl)nn12. The number of aryl methyl sites for hydroxylation is 1. The second-order valence-electron chi connectivity index (χ2n) is 5.69. The smallest absolute Gasteiger partial charge is 0.177 e. The van der Waals surface area contributed by atoms with Crippen molar-refractivity contribution in [3.63, 3.8) is 0 Å². The number of nitrogens with one attached hydrogen (secondary N) is 1. The Hall–Kier alpha value is -1.37. The van der Waals surface area contributed by atoms with Crippen molar-refractivity contribution in [2.24, 2.45) is 0 Å². The van der Waals surface area contributed by atoms with Gasteiger partial charge in [-0.15, -0.1) is 0 Å². The summed E-state index contributed by atoms with van der Waals surface area (Å²) in [4.78, 5) is 6.75. The van der Waals surface area contributed by atoms with E-state index in [2.05, 4.69) is 34.3 Å². The molecule has 1 atom stereocenters. The summed E-state index contributed by atoms with van der Waals surface area (Å²) >= 11 is 6.13. The summed E-state index contributed by atoms with van der Waals surface area (Å²) in [6, 6.07) is 1.83. The number of rotatable bonds is 5. The molecule has 0 saturated carbocycles. The predicted molar refractivity (Wildman–Crippen MR) is 87.7 cm³/mol. The van der Waals surface area contributed by atoms with E-state index in [1.165, 1.54) is 0 Å². The molecule has 0 aromatic carbocycles. The number of aromatic nitrogens is 3. The molecule has 6 nitrogen and oxygen atoms in total. The molecule has 7 heteroatoms. The number of anilines is 1. The number of fused-ring (bicyclic) bond motifs is 1. The zero-order valence-corrected chi connectivity index (χ0v) is 13.8. The van der Waals surface area contributed by atoms with Gasteiger partial charge in [-0.3, -0.25) is 0 Å². The van der Waals surface area contributed by atoms with E-state index < -0.39 is 0 Å². The lowest BCUT2D eigenvalue weighted by atomic mass is 10.2. The maximum atomic E-state index is 6.13. The van der Waals surface area contributed by atoms with Crippen LogP contribution in [0.4, 0.5) is 5.69 Å².